The number of hydrogen-bond donors (Lipinski definition) is 1. The molecule has 0 bridgehead atoms. The first-order chi connectivity index (χ1) is 9.06. The zero-order valence-electron chi connectivity index (χ0n) is 12.2. The molecule has 0 fully saturated rings. The average Bonchev–Trinajstić information content (AvgIpc) is 2.39. The minimum absolute atomic E-state index is 0.129. The van der Waals surface area contributed by atoms with E-state index in [1.807, 2.05) is 18.2 Å². The van der Waals surface area contributed by atoms with E-state index in [4.69, 9.17) is 9.47 Å². The van der Waals surface area contributed by atoms with Gasteiger partial charge in [0.05, 0.1) is 11.6 Å². The van der Waals surface area contributed by atoms with E-state index in [9.17, 15) is 0 Å². The maximum atomic E-state index is 5.91. The van der Waals surface area contributed by atoms with Crippen LogP contribution in [0.4, 0.5) is 0 Å². The first-order valence-corrected chi connectivity index (χ1v) is 7.59. The molecule has 4 heteroatoms. The number of hydrogen-bond acceptors (Lipinski definition) is 3. The molecule has 108 valence electrons. The predicted molar refractivity (Wildman–Crippen MR) is 83.2 cm³/mol. The highest BCUT2D eigenvalue weighted by molar-refractivity contribution is 9.10. The van der Waals surface area contributed by atoms with Crippen LogP contribution in [0.5, 0.6) is 11.5 Å². The van der Waals surface area contributed by atoms with Crippen LogP contribution < -0.4 is 14.8 Å². The molecular formula is C15H24BrNO2. The van der Waals surface area contributed by atoms with Crippen molar-refractivity contribution >= 4 is 15.9 Å². The van der Waals surface area contributed by atoms with Gasteiger partial charge in [-0.05, 0) is 54.4 Å². The van der Waals surface area contributed by atoms with Crippen molar-refractivity contribution in [2.24, 2.45) is 0 Å². The van der Waals surface area contributed by atoms with Gasteiger partial charge in [-0.2, -0.15) is 0 Å². The molecule has 1 rings (SSSR count). The van der Waals surface area contributed by atoms with Crippen LogP contribution in [-0.2, 0) is 0 Å². The lowest BCUT2D eigenvalue weighted by Gasteiger charge is -2.19. The third-order valence-electron chi connectivity index (χ3n) is 2.94. The molecule has 2 unspecified atom stereocenters. The third kappa shape index (κ3) is 5.83. The number of ether oxygens (including phenoxy) is 2. The summed E-state index contributed by atoms with van der Waals surface area (Å²) in [7, 11) is 1.66. The van der Waals surface area contributed by atoms with Gasteiger partial charge in [0.25, 0.3) is 0 Å². The van der Waals surface area contributed by atoms with Gasteiger partial charge in [0.2, 0.25) is 0 Å². The first kappa shape index (κ1) is 16.3. The van der Waals surface area contributed by atoms with Crippen LogP contribution in [0.25, 0.3) is 0 Å². The highest BCUT2D eigenvalue weighted by Crippen LogP contribution is 2.29. The summed E-state index contributed by atoms with van der Waals surface area (Å²) in [4.78, 5) is 0. The van der Waals surface area contributed by atoms with Crippen molar-refractivity contribution in [1.29, 1.82) is 0 Å². The third-order valence-corrected chi connectivity index (χ3v) is 3.56. The van der Waals surface area contributed by atoms with Crippen molar-refractivity contribution < 1.29 is 9.47 Å². The average molecular weight is 330 g/mol. The van der Waals surface area contributed by atoms with E-state index in [0.717, 1.165) is 22.5 Å². The maximum absolute atomic E-state index is 5.91. The minimum Gasteiger partial charge on any atom is -0.497 e. The van der Waals surface area contributed by atoms with Gasteiger partial charge in [0.1, 0.15) is 17.6 Å². The summed E-state index contributed by atoms with van der Waals surface area (Å²) in [6, 6.07) is 6.28. The van der Waals surface area contributed by atoms with Gasteiger partial charge >= 0.3 is 0 Å². The molecule has 0 heterocycles. The number of halogens is 1. The second kappa shape index (κ2) is 8.43. The van der Waals surface area contributed by atoms with Crippen LogP contribution in [-0.4, -0.2) is 25.8 Å². The predicted octanol–water partition coefficient (Wildman–Crippen LogP) is 4.00. The summed E-state index contributed by atoms with van der Waals surface area (Å²) in [5.41, 5.74) is 0. The molecule has 0 saturated heterocycles. The minimum atomic E-state index is 0.129. The summed E-state index contributed by atoms with van der Waals surface area (Å²) in [6.45, 7) is 7.33. The fourth-order valence-corrected chi connectivity index (χ4v) is 2.32. The molecule has 1 aromatic carbocycles. The van der Waals surface area contributed by atoms with Crippen LogP contribution in [0.3, 0.4) is 0 Å². The van der Waals surface area contributed by atoms with Crippen molar-refractivity contribution in [3.05, 3.63) is 22.7 Å². The Labute approximate surface area is 124 Å². The van der Waals surface area contributed by atoms with E-state index >= 15 is 0 Å². The lowest BCUT2D eigenvalue weighted by atomic mass is 10.2. The molecule has 0 saturated carbocycles. The number of benzene rings is 1. The quantitative estimate of drug-likeness (QED) is 0.781. The zero-order chi connectivity index (χ0) is 14.3. The SMILES string of the molecule is CCCC(C)NCC(C)Oc1ccc(OC)cc1Br. The largest absolute Gasteiger partial charge is 0.497 e. The van der Waals surface area contributed by atoms with E-state index in [0.29, 0.717) is 6.04 Å². The van der Waals surface area contributed by atoms with Crippen molar-refractivity contribution in [2.45, 2.75) is 45.8 Å². The van der Waals surface area contributed by atoms with Crippen molar-refractivity contribution in [2.75, 3.05) is 13.7 Å². The number of methoxy groups -OCH3 is 1. The van der Waals surface area contributed by atoms with Crippen LogP contribution in [0.15, 0.2) is 22.7 Å². The Morgan fingerprint density at radius 1 is 1.32 bits per heavy atom. The first-order valence-electron chi connectivity index (χ1n) is 6.80. The number of rotatable bonds is 8. The Bertz CT molecular complexity index is 384. The summed E-state index contributed by atoms with van der Waals surface area (Å²) >= 11 is 3.50. The molecule has 0 amide bonds. The normalized spacial score (nSPS) is 13.9. The molecule has 0 radical (unpaired) electrons. The lowest BCUT2D eigenvalue weighted by molar-refractivity contribution is 0.210. The van der Waals surface area contributed by atoms with Gasteiger partial charge in [-0.15, -0.1) is 0 Å². The summed E-state index contributed by atoms with van der Waals surface area (Å²) in [5.74, 6) is 1.67. The van der Waals surface area contributed by atoms with Crippen molar-refractivity contribution in [3.8, 4) is 11.5 Å². The fraction of sp³-hybridized carbons (Fsp3) is 0.600. The lowest BCUT2D eigenvalue weighted by Crippen LogP contribution is -2.35. The van der Waals surface area contributed by atoms with Crippen molar-refractivity contribution in [1.82, 2.24) is 5.32 Å². The topological polar surface area (TPSA) is 30.5 Å². The molecule has 0 aliphatic heterocycles. The summed E-state index contributed by atoms with van der Waals surface area (Å²) < 4.78 is 12.0. The molecule has 1 N–H and O–H groups in total. The smallest absolute Gasteiger partial charge is 0.134 e. The van der Waals surface area contributed by atoms with E-state index in [2.05, 4.69) is 42.0 Å². The summed E-state index contributed by atoms with van der Waals surface area (Å²) in [6.07, 6.45) is 2.52. The van der Waals surface area contributed by atoms with Gasteiger partial charge in [-0.1, -0.05) is 13.3 Å². The molecular weight excluding hydrogens is 306 g/mol. The van der Waals surface area contributed by atoms with Gasteiger partial charge in [-0.3, -0.25) is 0 Å². The fourth-order valence-electron chi connectivity index (χ4n) is 1.86. The molecule has 2 atom stereocenters. The van der Waals surface area contributed by atoms with Crippen LogP contribution in [0, 0.1) is 0 Å². The van der Waals surface area contributed by atoms with Crippen LogP contribution in [0.1, 0.15) is 33.6 Å². The van der Waals surface area contributed by atoms with Gasteiger partial charge < -0.3 is 14.8 Å². The van der Waals surface area contributed by atoms with E-state index in [1.54, 1.807) is 7.11 Å². The Morgan fingerprint density at radius 2 is 2.05 bits per heavy atom. The monoisotopic (exact) mass is 329 g/mol. The Morgan fingerprint density at radius 3 is 2.63 bits per heavy atom. The second-order valence-corrected chi connectivity index (χ2v) is 5.68. The molecule has 0 aliphatic carbocycles. The van der Waals surface area contributed by atoms with Crippen molar-refractivity contribution in [3.63, 3.8) is 0 Å². The molecule has 3 nitrogen and oxygen atoms in total. The molecule has 19 heavy (non-hydrogen) atoms. The number of nitrogens with one attached hydrogen (secondary N) is 1. The van der Waals surface area contributed by atoms with E-state index in [-0.39, 0.29) is 6.10 Å². The van der Waals surface area contributed by atoms with Crippen LogP contribution in [0.2, 0.25) is 0 Å². The van der Waals surface area contributed by atoms with Gasteiger partial charge in [-0.25, -0.2) is 0 Å². The van der Waals surface area contributed by atoms with Crippen LogP contribution >= 0.6 is 15.9 Å². The highest BCUT2D eigenvalue weighted by atomic mass is 79.9. The molecule has 1 aromatic rings. The Kier molecular flexibility index (Phi) is 7.24. The maximum Gasteiger partial charge on any atom is 0.134 e. The molecule has 0 aliphatic rings. The Balaban J connectivity index is 2.45. The molecule has 0 spiro atoms. The van der Waals surface area contributed by atoms with E-state index < -0.39 is 0 Å². The Hall–Kier alpha value is -0.740. The highest BCUT2D eigenvalue weighted by Gasteiger charge is 2.09. The summed E-state index contributed by atoms with van der Waals surface area (Å²) in [5, 5.41) is 3.48. The zero-order valence-corrected chi connectivity index (χ0v) is 13.8. The van der Waals surface area contributed by atoms with Gasteiger partial charge in [0.15, 0.2) is 0 Å². The van der Waals surface area contributed by atoms with Gasteiger partial charge in [0, 0.05) is 12.6 Å². The second-order valence-electron chi connectivity index (χ2n) is 4.82. The molecule has 0 aromatic heterocycles. The standard InChI is InChI=1S/C15H24BrNO2/c1-5-6-11(2)17-10-12(3)19-15-8-7-13(18-4)9-14(15)16/h7-9,11-12,17H,5-6,10H2,1-4H3. The van der Waals surface area contributed by atoms with E-state index in [1.165, 1.54) is 12.8 Å².